The third-order valence-corrected chi connectivity index (χ3v) is 8.12. The number of aromatic nitrogens is 5. The Morgan fingerprint density at radius 2 is 1.57 bits per heavy atom. The van der Waals surface area contributed by atoms with Gasteiger partial charge < -0.3 is 4.74 Å². The van der Waals surface area contributed by atoms with Gasteiger partial charge in [-0.05, 0) is 64.0 Å². The number of ether oxygens (including phenoxy) is 1. The molecule has 1 unspecified atom stereocenters. The minimum Gasteiger partial charge on any atom is -0.489 e. The van der Waals surface area contributed by atoms with E-state index < -0.39 is 41.3 Å². The van der Waals surface area contributed by atoms with Crippen LogP contribution in [0.2, 0.25) is 0 Å². The zero-order valence-electron chi connectivity index (χ0n) is 25.4. The zero-order valence-corrected chi connectivity index (χ0v) is 25.4. The fraction of sp³-hybridized carbons (Fsp3) is 0.129. The molecule has 3 aromatic carbocycles. The first-order valence-corrected chi connectivity index (χ1v) is 14.2. The van der Waals surface area contributed by atoms with Crippen LogP contribution < -0.4 is 26.6 Å². The Hall–Kier alpha value is -5.29. The predicted octanol–water partition coefficient (Wildman–Crippen LogP) is -1.19. The fourth-order valence-electron chi connectivity index (χ4n) is 5.20. The molecule has 224 valence electrons. The van der Waals surface area contributed by atoms with Gasteiger partial charge in [0.1, 0.15) is 67.4 Å². The van der Waals surface area contributed by atoms with Gasteiger partial charge in [-0.3, -0.25) is 4.98 Å². The second-order valence-electron chi connectivity index (χ2n) is 10.8. The molecule has 0 aliphatic carbocycles. The van der Waals surface area contributed by atoms with Crippen LogP contribution in [0, 0.1) is 34.8 Å². The summed E-state index contributed by atoms with van der Waals surface area (Å²) in [6, 6.07) is 14.4. The van der Waals surface area contributed by atoms with E-state index in [-0.39, 0.29) is 0 Å². The highest BCUT2D eigenvalue weighted by Gasteiger charge is 2.45. The van der Waals surface area contributed by atoms with Crippen molar-refractivity contribution in [2.45, 2.75) is 25.0 Å². The second kappa shape index (κ2) is 13.4. The summed E-state index contributed by atoms with van der Waals surface area (Å²) in [5, 5.41) is 20.0. The van der Waals surface area contributed by atoms with E-state index in [4.69, 9.17) is 4.74 Å². The largest absolute Gasteiger partial charge is 0.489 e. The number of hydrogen-bond acceptors (Lipinski definition) is 6. The Morgan fingerprint density at radius 1 is 0.891 bits per heavy atom. The maximum atomic E-state index is 15.8. The number of benzene rings is 3. The van der Waals surface area contributed by atoms with Gasteiger partial charge in [0.15, 0.2) is 0 Å². The third kappa shape index (κ3) is 6.69. The molecule has 7 nitrogen and oxygen atoms in total. The number of nitrogens with zero attached hydrogens (tertiary/aromatic N) is 6. The molecule has 0 fully saturated rings. The van der Waals surface area contributed by atoms with Gasteiger partial charge in [-0.1, -0.05) is 39.8 Å². The molecule has 0 bridgehead atoms. The smallest absolute Gasteiger partial charge is 0.298 e. The number of pyridine rings is 1. The van der Waals surface area contributed by atoms with Crippen LogP contribution in [-0.2, 0) is 19.1 Å². The lowest BCUT2D eigenvalue weighted by Gasteiger charge is -2.27. The molecule has 0 saturated carbocycles. The molecular weight excluding hydrogens is 592 g/mol. The second-order valence-corrected chi connectivity index (χ2v) is 10.8. The molecule has 5 aromatic rings. The topological polar surface area (TPSA) is 89.5 Å². The van der Waals surface area contributed by atoms with Gasteiger partial charge in [0.2, 0.25) is 0 Å². The van der Waals surface area contributed by atoms with Crippen molar-refractivity contribution in [3.8, 4) is 23.7 Å². The molecule has 15 heteroatoms. The Labute approximate surface area is 266 Å². The van der Waals surface area contributed by atoms with Crippen LogP contribution in [-0.4, -0.2) is 56.6 Å². The van der Waals surface area contributed by atoms with Gasteiger partial charge in [0, 0.05) is 29.0 Å². The van der Waals surface area contributed by atoms with Crippen LogP contribution in [0.5, 0.6) is 5.75 Å². The maximum Gasteiger partial charge on any atom is 0.298 e. The average molecular weight is 616 g/mol. The van der Waals surface area contributed by atoms with Crippen molar-refractivity contribution in [3.63, 3.8) is 0 Å². The minimum atomic E-state index is -3.67. The van der Waals surface area contributed by atoms with Crippen molar-refractivity contribution in [3.05, 3.63) is 112 Å². The number of hydrogen-bond donors (Lipinski definition) is 0. The summed E-state index contributed by atoms with van der Waals surface area (Å²) in [7, 11) is 7.86. The standard InChI is InChI=1S/C31H24B4F4N6O/c32-27-22(12-40)28(33)30(35)23(29(27)34)15-46-20-7-3-17(4-8-20)1-2-18-5-10-26(41-13-18)31(38,39)24(14-45-16-42-43-44-45)21-9-6-19(36)11-25(21)37/h3-11,13,16,24H,14-15,32-35H2. The van der Waals surface area contributed by atoms with E-state index in [1.807, 2.05) is 31.4 Å². The Bertz CT molecular complexity index is 1960. The molecule has 0 spiro atoms. The van der Waals surface area contributed by atoms with Crippen molar-refractivity contribution in [2.24, 2.45) is 0 Å². The Morgan fingerprint density at radius 3 is 2.15 bits per heavy atom. The van der Waals surface area contributed by atoms with E-state index in [2.05, 4.69) is 38.4 Å². The van der Waals surface area contributed by atoms with Gasteiger partial charge >= 0.3 is 0 Å². The lowest BCUT2D eigenvalue weighted by Crippen LogP contribution is -2.47. The fourth-order valence-corrected chi connectivity index (χ4v) is 5.20. The van der Waals surface area contributed by atoms with E-state index in [0.29, 0.717) is 35.1 Å². The molecule has 0 amide bonds. The summed E-state index contributed by atoms with van der Waals surface area (Å²) < 4.78 is 66.9. The van der Waals surface area contributed by atoms with Crippen molar-refractivity contribution < 1.29 is 22.3 Å². The van der Waals surface area contributed by atoms with Gasteiger partial charge in [-0.2, -0.15) is 14.0 Å². The molecule has 2 heterocycles. The number of tetrazole rings is 1. The van der Waals surface area contributed by atoms with Gasteiger partial charge in [0.25, 0.3) is 5.92 Å². The SMILES string of the molecule is Bc1c(B)c(COc2ccc(C#Cc3ccc(C(F)(F)C(Cn4cnnn4)c4ccc(F)cc4F)nc3)cc2)c(B)c(B)c1C#N. The summed E-state index contributed by atoms with van der Waals surface area (Å²) in [4.78, 5) is 3.94. The molecule has 2 aromatic heterocycles. The van der Waals surface area contributed by atoms with Crippen molar-refractivity contribution in [1.29, 1.82) is 5.26 Å². The Balaban J connectivity index is 1.30. The maximum absolute atomic E-state index is 15.8. The third-order valence-electron chi connectivity index (χ3n) is 8.12. The lowest BCUT2D eigenvalue weighted by molar-refractivity contribution is -0.0455. The summed E-state index contributed by atoms with van der Waals surface area (Å²) >= 11 is 0. The quantitative estimate of drug-likeness (QED) is 0.124. The van der Waals surface area contributed by atoms with E-state index in [1.165, 1.54) is 12.3 Å². The number of nitriles is 1. The van der Waals surface area contributed by atoms with Crippen LogP contribution in [0.1, 0.15) is 39.4 Å². The molecule has 0 radical (unpaired) electrons. The zero-order chi connectivity index (χ0) is 33.0. The number of halogens is 4. The first kappa shape index (κ1) is 32.1. The van der Waals surface area contributed by atoms with Gasteiger partial charge in [-0.25, -0.2) is 13.5 Å². The Kier molecular flexibility index (Phi) is 9.33. The van der Waals surface area contributed by atoms with Crippen LogP contribution in [0.3, 0.4) is 0 Å². The molecule has 1 atom stereocenters. The number of rotatable bonds is 8. The van der Waals surface area contributed by atoms with Crippen LogP contribution >= 0.6 is 0 Å². The molecule has 46 heavy (non-hydrogen) atoms. The van der Waals surface area contributed by atoms with Crippen molar-refractivity contribution in [1.82, 2.24) is 25.2 Å². The summed E-state index contributed by atoms with van der Waals surface area (Å²) in [5.41, 5.74) is 5.77. The van der Waals surface area contributed by atoms with Gasteiger partial charge in [-0.15, -0.1) is 5.10 Å². The van der Waals surface area contributed by atoms with Crippen molar-refractivity contribution >= 4 is 53.2 Å². The average Bonchev–Trinajstić information content (AvgIpc) is 3.56. The predicted molar refractivity (Wildman–Crippen MR) is 176 cm³/mol. The molecule has 0 aliphatic rings. The van der Waals surface area contributed by atoms with E-state index >= 15 is 8.78 Å². The van der Waals surface area contributed by atoms with E-state index in [0.717, 1.165) is 56.6 Å². The summed E-state index contributed by atoms with van der Waals surface area (Å²) in [6.45, 7) is -0.124. The minimum absolute atomic E-state index is 0.350. The van der Waals surface area contributed by atoms with Crippen molar-refractivity contribution in [2.75, 3.05) is 0 Å². The lowest BCUT2D eigenvalue weighted by atomic mass is 9.65. The van der Waals surface area contributed by atoms with Crippen LogP contribution in [0.25, 0.3) is 0 Å². The molecule has 0 saturated heterocycles. The highest BCUT2D eigenvalue weighted by Crippen LogP contribution is 2.43. The first-order valence-electron chi connectivity index (χ1n) is 14.2. The number of alkyl halides is 2. The summed E-state index contributed by atoms with van der Waals surface area (Å²) in [5.74, 6) is -0.900. The highest BCUT2D eigenvalue weighted by atomic mass is 19.3. The normalized spacial score (nSPS) is 11.7. The van der Waals surface area contributed by atoms with Gasteiger partial charge in [0.05, 0.1) is 18.5 Å². The monoisotopic (exact) mass is 616 g/mol. The van der Waals surface area contributed by atoms with Crippen LogP contribution in [0.4, 0.5) is 17.6 Å². The highest BCUT2D eigenvalue weighted by molar-refractivity contribution is 6.58. The summed E-state index contributed by atoms with van der Waals surface area (Å²) in [6.07, 6.45) is 2.35. The molecule has 0 N–H and O–H groups in total. The molecule has 0 aliphatic heterocycles. The van der Waals surface area contributed by atoms with E-state index in [1.54, 1.807) is 24.3 Å². The molecular formula is C31H24B4F4N6O. The van der Waals surface area contributed by atoms with E-state index in [9.17, 15) is 14.0 Å². The first-order chi connectivity index (χ1) is 22.0. The van der Waals surface area contributed by atoms with Crippen LogP contribution in [0.15, 0.2) is 67.1 Å². The molecule has 5 rings (SSSR count).